The van der Waals surface area contributed by atoms with Gasteiger partial charge >= 0.3 is 5.97 Å². The lowest BCUT2D eigenvalue weighted by Crippen LogP contribution is -2.39. The highest BCUT2D eigenvalue weighted by molar-refractivity contribution is 5.95. The van der Waals surface area contributed by atoms with Gasteiger partial charge in [0.05, 0.1) is 39.1 Å². The first-order valence-corrected chi connectivity index (χ1v) is 7.54. The summed E-state index contributed by atoms with van der Waals surface area (Å²) in [5.74, 6) is 0.0104. The number of aliphatic carboxylic acids is 1. The van der Waals surface area contributed by atoms with Gasteiger partial charge in [0.15, 0.2) is 0 Å². The van der Waals surface area contributed by atoms with E-state index in [9.17, 15) is 14.7 Å². The van der Waals surface area contributed by atoms with E-state index >= 15 is 0 Å². The van der Waals surface area contributed by atoms with E-state index in [1.54, 1.807) is 30.3 Å². The number of hydrogen-bond donors (Lipinski definition) is 3. The molecule has 1 aromatic carbocycles. The second-order valence-corrected chi connectivity index (χ2v) is 5.17. The van der Waals surface area contributed by atoms with Gasteiger partial charge in [-0.15, -0.1) is 0 Å². The number of carboxylic acid groups (broad SMARTS) is 1. The second-order valence-electron chi connectivity index (χ2n) is 5.17. The lowest BCUT2D eigenvalue weighted by molar-refractivity contribution is -0.141. The lowest BCUT2D eigenvalue weighted by Gasteiger charge is -2.15. The molecule has 8 heteroatoms. The number of anilines is 1. The number of methoxy groups -OCH3 is 2. The number of benzene rings is 1. The zero-order valence-electron chi connectivity index (χ0n) is 13.9. The van der Waals surface area contributed by atoms with Crippen LogP contribution in [0.2, 0.25) is 0 Å². The van der Waals surface area contributed by atoms with Crippen LogP contribution in [0.1, 0.15) is 12.2 Å². The second kappa shape index (κ2) is 8.74. The van der Waals surface area contributed by atoms with Crippen molar-refractivity contribution in [3.8, 4) is 11.5 Å². The van der Waals surface area contributed by atoms with Crippen LogP contribution in [0.15, 0.2) is 41.0 Å². The fraction of sp³-hybridized carbons (Fsp3) is 0.294. The van der Waals surface area contributed by atoms with Gasteiger partial charge in [0.25, 0.3) is 0 Å². The number of nitrogens with one attached hydrogen (secondary N) is 2. The topological polar surface area (TPSA) is 110 Å². The van der Waals surface area contributed by atoms with E-state index in [1.807, 2.05) is 0 Å². The molecule has 0 spiro atoms. The summed E-state index contributed by atoms with van der Waals surface area (Å²) in [5, 5.41) is 14.7. The van der Waals surface area contributed by atoms with Crippen molar-refractivity contribution in [2.24, 2.45) is 0 Å². The van der Waals surface area contributed by atoms with Gasteiger partial charge in [0, 0.05) is 6.07 Å². The maximum absolute atomic E-state index is 12.2. The maximum Gasteiger partial charge on any atom is 0.321 e. The first kappa shape index (κ1) is 18.3. The Labute approximate surface area is 144 Å². The van der Waals surface area contributed by atoms with Gasteiger partial charge in [-0.1, -0.05) is 0 Å². The van der Waals surface area contributed by atoms with Gasteiger partial charge < -0.3 is 24.3 Å². The number of carbonyl (C=O) groups is 2. The number of ether oxygens (including phenoxy) is 2. The molecule has 1 unspecified atom stereocenters. The first-order valence-electron chi connectivity index (χ1n) is 7.54. The van der Waals surface area contributed by atoms with Crippen LogP contribution in [0.25, 0.3) is 0 Å². The molecule has 0 saturated heterocycles. The summed E-state index contributed by atoms with van der Waals surface area (Å²) in [4.78, 5) is 23.5. The van der Waals surface area contributed by atoms with Crippen molar-refractivity contribution in [1.29, 1.82) is 0 Å². The molecule has 0 aliphatic carbocycles. The predicted octanol–water partition coefficient (Wildman–Crippen LogP) is 1.87. The van der Waals surface area contributed by atoms with Crippen molar-refractivity contribution in [2.75, 3.05) is 19.5 Å². The van der Waals surface area contributed by atoms with Crippen molar-refractivity contribution in [3.63, 3.8) is 0 Å². The Balaban J connectivity index is 1.97. The SMILES string of the molecule is COc1ccc(NC(=O)CC(NCc2ccco2)C(=O)O)c(OC)c1. The van der Waals surface area contributed by atoms with Crippen LogP contribution in [-0.4, -0.2) is 37.2 Å². The quantitative estimate of drug-likeness (QED) is 0.634. The van der Waals surface area contributed by atoms with Crippen molar-refractivity contribution < 1.29 is 28.6 Å². The summed E-state index contributed by atoms with van der Waals surface area (Å²) in [5.41, 5.74) is 0.434. The molecule has 3 N–H and O–H groups in total. The number of furan rings is 1. The van der Waals surface area contributed by atoms with Crippen LogP contribution in [0.5, 0.6) is 11.5 Å². The molecule has 8 nitrogen and oxygen atoms in total. The average molecular weight is 348 g/mol. The van der Waals surface area contributed by atoms with E-state index in [-0.39, 0.29) is 13.0 Å². The third kappa shape index (κ3) is 5.25. The Morgan fingerprint density at radius 3 is 2.64 bits per heavy atom. The van der Waals surface area contributed by atoms with Crippen LogP contribution in [-0.2, 0) is 16.1 Å². The maximum atomic E-state index is 12.2. The molecular formula is C17H20N2O6. The highest BCUT2D eigenvalue weighted by Crippen LogP contribution is 2.29. The molecule has 0 fully saturated rings. The summed E-state index contributed by atoms with van der Waals surface area (Å²) < 4.78 is 15.4. The van der Waals surface area contributed by atoms with Crippen LogP contribution in [0.4, 0.5) is 5.69 Å². The standard InChI is InChI=1S/C17H20N2O6/c1-23-11-5-6-13(15(8-11)24-2)19-16(20)9-14(17(21)22)18-10-12-4-3-7-25-12/h3-8,14,18H,9-10H2,1-2H3,(H,19,20)(H,21,22). The van der Waals surface area contributed by atoms with E-state index in [4.69, 9.17) is 13.9 Å². The van der Waals surface area contributed by atoms with Crippen molar-refractivity contribution >= 4 is 17.6 Å². The molecule has 1 amide bonds. The summed E-state index contributed by atoms with van der Waals surface area (Å²) in [6.45, 7) is 0.211. The van der Waals surface area contributed by atoms with E-state index < -0.39 is 17.9 Å². The Morgan fingerprint density at radius 1 is 1.24 bits per heavy atom. The monoisotopic (exact) mass is 348 g/mol. The van der Waals surface area contributed by atoms with Crippen LogP contribution in [0, 0.1) is 0 Å². The normalized spacial score (nSPS) is 11.6. The number of carboxylic acids is 1. The predicted molar refractivity (Wildman–Crippen MR) is 89.8 cm³/mol. The molecule has 0 radical (unpaired) electrons. The molecule has 2 aromatic rings. The molecule has 25 heavy (non-hydrogen) atoms. The molecule has 1 atom stereocenters. The van der Waals surface area contributed by atoms with Gasteiger partial charge in [0.2, 0.25) is 5.91 Å². The minimum atomic E-state index is -1.12. The third-order valence-electron chi connectivity index (χ3n) is 3.47. The van der Waals surface area contributed by atoms with Gasteiger partial charge in [-0.2, -0.15) is 0 Å². The Hall–Kier alpha value is -3.00. The van der Waals surface area contributed by atoms with Gasteiger partial charge in [-0.3, -0.25) is 14.9 Å². The molecule has 0 saturated carbocycles. The summed E-state index contributed by atoms with van der Waals surface area (Å²) >= 11 is 0. The molecule has 0 bridgehead atoms. The fourth-order valence-electron chi connectivity index (χ4n) is 2.17. The van der Waals surface area contributed by atoms with Gasteiger partial charge in [0.1, 0.15) is 23.3 Å². The number of carbonyl (C=O) groups excluding carboxylic acids is 1. The van der Waals surface area contributed by atoms with Crippen LogP contribution >= 0.6 is 0 Å². The Bertz CT molecular complexity index is 714. The third-order valence-corrected chi connectivity index (χ3v) is 3.47. The molecule has 2 rings (SSSR count). The van der Waals surface area contributed by atoms with E-state index in [1.165, 1.54) is 20.5 Å². The molecule has 1 heterocycles. The van der Waals surface area contributed by atoms with Crippen molar-refractivity contribution in [2.45, 2.75) is 19.0 Å². The summed E-state index contributed by atoms with van der Waals surface area (Å²) in [6.07, 6.45) is 1.25. The molecular weight excluding hydrogens is 328 g/mol. The zero-order valence-corrected chi connectivity index (χ0v) is 13.9. The van der Waals surface area contributed by atoms with Crippen molar-refractivity contribution in [1.82, 2.24) is 5.32 Å². The van der Waals surface area contributed by atoms with E-state index in [0.717, 1.165) is 0 Å². The van der Waals surface area contributed by atoms with Gasteiger partial charge in [-0.05, 0) is 24.3 Å². The molecule has 1 aromatic heterocycles. The highest BCUT2D eigenvalue weighted by Gasteiger charge is 2.22. The molecule has 0 aliphatic rings. The minimum absolute atomic E-state index is 0.211. The largest absolute Gasteiger partial charge is 0.497 e. The van der Waals surface area contributed by atoms with Crippen molar-refractivity contribution in [3.05, 3.63) is 42.4 Å². The average Bonchev–Trinajstić information content (AvgIpc) is 3.12. The lowest BCUT2D eigenvalue weighted by atomic mass is 10.2. The highest BCUT2D eigenvalue weighted by atomic mass is 16.5. The molecule has 134 valence electrons. The zero-order chi connectivity index (χ0) is 18.2. The fourth-order valence-corrected chi connectivity index (χ4v) is 2.17. The summed E-state index contributed by atoms with van der Waals surface area (Å²) in [7, 11) is 2.99. The summed E-state index contributed by atoms with van der Waals surface area (Å²) in [6, 6.07) is 7.29. The van der Waals surface area contributed by atoms with E-state index in [0.29, 0.717) is 22.9 Å². The first-order chi connectivity index (χ1) is 12.0. The van der Waals surface area contributed by atoms with E-state index in [2.05, 4.69) is 10.6 Å². The number of hydrogen-bond acceptors (Lipinski definition) is 6. The smallest absolute Gasteiger partial charge is 0.321 e. The van der Waals surface area contributed by atoms with Crippen LogP contribution in [0.3, 0.4) is 0 Å². The van der Waals surface area contributed by atoms with Crippen LogP contribution < -0.4 is 20.1 Å². The number of amides is 1. The Morgan fingerprint density at radius 2 is 2.04 bits per heavy atom. The minimum Gasteiger partial charge on any atom is -0.497 e. The Kier molecular flexibility index (Phi) is 6.41. The number of rotatable bonds is 9. The molecule has 0 aliphatic heterocycles. The van der Waals surface area contributed by atoms with Gasteiger partial charge in [-0.25, -0.2) is 0 Å².